The summed E-state index contributed by atoms with van der Waals surface area (Å²) < 4.78 is 18.8. The van der Waals surface area contributed by atoms with Crippen molar-refractivity contribution in [2.75, 3.05) is 14.2 Å². The van der Waals surface area contributed by atoms with E-state index >= 15 is 0 Å². The molecule has 0 spiro atoms. The molecule has 1 saturated carbocycles. The summed E-state index contributed by atoms with van der Waals surface area (Å²) in [5.74, 6) is -0.00991. The Balaban J connectivity index is 1.64. The van der Waals surface area contributed by atoms with Crippen LogP contribution in [0.3, 0.4) is 0 Å². The van der Waals surface area contributed by atoms with Gasteiger partial charge in [0.1, 0.15) is 5.82 Å². The number of carbonyl (C=O) groups excluding carboxylic acids is 1. The van der Waals surface area contributed by atoms with Crippen molar-refractivity contribution in [3.05, 3.63) is 59.4 Å². The number of hydrogen-bond donors (Lipinski definition) is 1. The molecule has 126 valence electrons. The summed E-state index contributed by atoms with van der Waals surface area (Å²) in [6, 6.07) is 11.7. The van der Waals surface area contributed by atoms with E-state index < -0.39 is 0 Å². The van der Waals surface area contributed by atoms with Crippen LogP contribution in [0.5, 0.6) is 11.5 Å². The second kappa shape index (κ2) is 6.51. The lowest BCUT2D eigenvalue weighted by Gasteiger charge is -2.18. The highest BCUT2D eigenvalue weighted by atomic mass is 19.1. The number of benzene rings is 2. The standard InChI is InChI=1S/C19H20FNO3/c1-21(11-12-7-8-18(24-2)17(22)9-12)19(23)15-10-14(15)13-5-3-4-6-16(13)20/h3-9,14-15,22H,10-11H2,1-2H3/t14-,15+/m1/s1. The van der Waals surface area contributed by atoms with Crippen LogP contribution >= 0.6 is 0 Å². The predicted molar refractivity (Wildman–Crippen MR) is 88.4 cm³/mol. The zero-order chi connectivity index (χ0) is 17.3. The summed E-state index contributed by atoms with van der Waals surface area (Å²) in [4.78, 5) is 14.1. The summed E-state index contributed by atoms with van der Waals surface area (Å²) in [7, 11) is 3.21. The molecule has 1 aliphatic rings. The van der Waals surface area contributed by atoms with Gasteiger partial charge in [0.2, 0.25) is 5.91 Å². The molecule has 1 aliphatic carbocycles. The SMILES string of the molecule is COc1ccc(CN(C)C(=O)[C@H]2C[C@@H]2c2ccccc2F)cc1O. The molecule has 2 aromatic rings. The van der Waals surface area contributed by atoms with Crippen molar-refractivity contribution in [2.24, 2.45) is 5.92 Å². The lowest BCUT2D eigenvalue weighted by atomic mass is 10.1. The van der Waals surface area contributed by atoms with Gasteiger partial charge in [0, 0.05) is 19.5 Å². The van der Waals surface area contributed by atoms with Gasteiger partial charge in [-0.3, -0.25) is 4.79 Å². The van der Waals surface area contributed by atoms with Crippen molar-refractivity contribution in [1.29, 1.82) is 0 Å². The number of aromatic hydroxyl groups is 1. The van der Waals surface area contributed by atoms with Crippen LogP contribution < -0.4 is 4.74 Å². The first-order valence-corrected chi connectivity index (χ1v) is 7.86. The predicted octanol–water partition coefficient (Wildman–Crippen LogP) is 3.30. The number of carbonyl (C=O) groups is 1. The van der Waals surface area contributed by atoms with Crippen LogP contribution in [-0.4, -0.2) is 30.1 Å². The molecule has 4 nitrogen and oxygen atoms in total. The largest absolute Gasteiger partial charge is 0.504 e. The Kier molecular flexibility index (Phi) is 4.42. The number of nitrogens with zero attached hydrogens (tertiary/aromatic N) is 1. The average molecular weight is 329 g/mol. The topological polar surface area (TPSA) is 49.8 Å². The number of phenols is 1. The average Bonchev–Trinajstić information content (AvgIpc) is 3.35. The Hall–Kier alpha value is -2.56. The van der Waals surface area contributed by atoms with Crippen LogP contribution in [0.2, 0.25) is 0 Å². The Morgan fingerprint density at radius 1 is 1.33 bits per heavy atom. The molecule has 1 amide bonds. The van der Waals surface area contributed by atoms with Crippen molar-refractivity contribution >= 4 is 5.91 Å². The molecular weight excluding hydrogens is 309 g/mol. The van der Waals surface area contributed by atoms with E-state index in [4.69, 9.17) is 4.74 Å². The number of phenolic OH excluding ortho intramolecular Hbond substituents is 1. The first-order valence-electron chi connectivity index (χ1n) is 7.86. The van der Waals surface area contributed by atoms with Gasteiger partial charge in [-0.15, -0.1) is 0 Å². The monoisotopic (exact) mass is 329 g/mol. The minimum absolute atomic E-state index is 0.00133. The molecule has 0 bridgehead atoms. The maximum atomic E-state index is 13.8. The van der Waals surface area contributed by atoms with Gasteiger partial charge in [0.05, 0.1) is 7.11 Å². The first-order chi connectivity index (χ1) is 11.5. The lowest BCUT2D eigenvalue weighted by molar-refractivity contribution is -0.131. The third-order valence-electron chi connectivity index (χ3n) is 4.45. The van der Waals surface area contributed by atoms with Gasteiger partial charge in [-0.25, -0.2) is 4.39 Å². The molecule has 24 heavy (non-hydrogen) atoms. The van der Waals surface area contributed by atoms with E-state index in [0.717, 1.165) is 5.56 Å². The van der Waals surface area contributed by atoms with Crippen molar-refractivity contribution in [3.8, 4) is 11.5 Å². The molecule has 0 aliphatic heterocycles. The van der Waals surface area contributed by atoms with Gasteiger partial charge in [-0.2, -0.15) is 0 Å². The molecule has 2 atom stereocenters. The molecule has 0 radical (unpaired) electrons. The van der Waals surface area contributed by atoms with E-state index in [0.29, 0.717) is 24.3 Å². The third-order valence-corrected chi connectivity index (χ3v) is 4.45. The maximum absolute atomic E-state index is 13.8. The van der Waals surface area contributed by atoms with Gasteiger partial charge in [-0.05, 0) is 41.7 Å². The van der Waals surface area contributed by atoms with Crippen molar-refractivity contribution < 1.29 is 19.0 Å². The lowest BCUT2D eigenvalue weighted by Crippen LogP contribution is -2.28. The zero-order valence-corrected chi connectivity index (χ0v) is 13.7. The summed E-state index contributed by atoms with van der Waals surface area (Å²) in [5, 5.41) is 9.82. The van der Waals surface area contributed by atoms with Crippen LogP contribution in [0.4, 0.5) is 4.39 Å². The molecule has 0 unspecified atom stereocenters. The Labute approximate surface area is 140 Å². The number of amides is 1. The van der Waals surface area contributed by atoms with Crippen molar-refractivity contribution in [3.63, 3.8) is 0 Å². The number of rotatable bonds is 5. The highest BCUT2D eigenvalue weighted by Gasteiger charge is 2.46. The molecule has 5 heteroatoms. The maximum Gasteiger partial charge on any atom is 0.226 e. The normalized spacial score (nSPS) is 19.0. The molecule has 2 aromatic carbocycles. The minimum Gasteiger partial charge on any atom is -0.504 e. The Morgan fingerprint density at radius 2 is 2.08 bits per heavy atom. The van der Waals surface area contributed by atoms with Crippen molar-refractivity contribution in [1.82, 2.24) is 4.90 Å². The van der Waals surface area contributed by atoms with Crippen LogP contribution in [0, 0.1) is 11.7 Å². The summed E-state index contributed by atoms with van der Waals surface area (Å²) in [5.41, 5.74) is 1.43. The number of ether oxygens (including phenoxy) is 1. The zero-order valence-electron chi connectivity index (χ0n) is 13.7. The van der Waals surface area contributed by atoms with Gasteiger partial charge in [-0.1, -0.05) is 24.3 Å². The van der Waals surface area contributed by atoms with E-state index in [1.54, 1.807) is 42.3 Å². The smallest absolute Gasteiger partial charge is 0.226 e. The molecule has 0 saturated heterocycles. The van der Waals surface area contributed by atoms with Gasteiger partial charge in [0.15, 0.2) is 11.5 Å². The number of hydrogen-bond acceptors (Lipinski definition) is 3. The quantitative estimate of drug-likeness (QED) is 0.916. The second-order valence-electron chi connectivity index (χ2n) is 6.17. The van der Waals surface area contributed by atoms with Gasteiger partial charge in [0.25, 0.3) is 0 Å². The minimum atomic E-state index is -0.250. The fourth-order valence-corrected chi connectivity index (χ4v) is 3.06. The molecule has 0 aromatic heterocycles. The highest BCUT2D eigenvalue weighted by molar-refractivity contribution is 5.82. The molecule has 1 N–H and O–H groups in total. The van der Waals surface area contributed by atoms with Crippen LogP contribution in [0.15, 0.2) is 42.5 Å². The number of methoxy groups -OCH3 is 1. The van der Waals surface area contributed by atoms with Crippen LogP contribution in [-0.2, 0) is 11.3 Å². The molecular formula is C19H20FNO3. The number of halogens is 1. The van der Waals surface area contributed by atoms with E-state index in [9.17, 15) is 14.3 Å². The van der Waals surface area contributed by atoms with Crippen molar-refractivity contribution in [2.45, 2.75) is 18.9 Å². The summed E-state index contributed by atoms with van der Waals surface area (Å²) in [6.07, 6.45) is 0.679. The summed E-state index contributed by atoms with van der Waals surface area (Å²) >= 11 is 0. The fourth-order valence-electron chi connectivity index (χ4n) is 3.06. The Bertz CT molecular complexity index is 762. The summed E-state index contributed by atoms with van der Waals surface area (Å²) in [6.45, 7) is 0.386. The second-order valence-corrected chi connectivity index (χ2v) is 6.17. The molecule has 1 fully saturated rings. The van der Waals surface area contributed by atoms with Gasteiger partial charge >= 0.3 is 0 Å². The van der Waals surface area contributed by atoms with Crippen LogP contribution in [0.25, 0.3) is 0 Å². The van der Waals surface area contributed by atoms with E-state index in [2.05, 4.69) is 0 Å². The van der Waals surface area contributed by atoms with E-state index in [-0.39, 0.29) is 29.3 Å². The fraction of sp³-hybridized carbons (Fsp3) is 0.316. The molecule has 3 rings (SSSR count). The third kappa shape index (κ3) is 3.20. The van der Waals surface area contributed by atoms with Crippen LogP contribution in [0.1, 0.15) is 23.5 Å². The Morgan fingerprint density at radius 3 is 2.75 bits per heavy atom. The van der Waals surface area contributed by atoms with Gasteiger partial charge < -0.3 is 14.7 Å². The van der Waals surface area contributed by atoms with E-state index in [1.165, 1.54) is 13.2 Å². The van der Waals surface area contributed by atoms with E-state index in [1.807, 2.05) is 6.07 Å². The highest BCUT2D eigenvalue weighted by Crippen LogP contribution is 2.49. The molecule has 0 heterocycles. The first kappa shape index (κ1) is 16.3.